The molecule has 2 aromatic carbocycles. The Morgan fingerprint density at radius 2 is 1.86 bits per heavy atom. The molecule has 0 fully saturated rings. The van der Waals surface area contributed by atoms with Crippen LogP contribution in [-0.4, -0.2) is 22.6 Å². The number of carbonyl (C=O) groups excluding carboxylic acids is 2. The molecule has 0 saturated carbocycles. The molecule has 1 aliphatic heterocycles. The summed E-state index contributed by atoms with van der Waals surface area (Å²) in [5.74, 6) is 0.231. The molecule has 2 heterocycles. The number of anilines is 2. The van der Waals surface area contributed by atoms with Crippen LogP contribution in [0.15, 0.2) is 71.9 Å². The largest absolute Gasteiger partial charge is 0.322 e. The molecule has 0 bridgehead atoms. The summed E-state index contributed by atoms with van der Waals surface area (Å²) in [7, 11) is 0. The normalized spacial score (nSPS) is 13.2. The number of fused-ring (bicyclic) bond motifs is 1. The summed E-state index contributed by atoms with van der Waals surface area (Å²) in [6.07, 6.45) is 1.73. The number of carbonyl (C=O) groups is 2. The predicted octanol–water partition coefficient (Wildman–Crippen LogP) is 4.63. The van der Waals surface area contributed by atoms with E-state index >= 15 is 0 Å². The van der Waals surface area contributed by atoms with Gasteiger partial charge in [-0.15, -0.1) is 0 Å². The second-order valence-corrected chi connectivity index (χ2v) is 7.65. The zero-order valence-electron chi connectivity index (χ0n) is 14.8. The number of pyridine rings is 1. The van der Waals surface area contributed by atoms with Gasteiger partial charge in [0.15, 0.2) is 0 Å². The van der Waals surface area contributed by atoms with Crippen molar-refractivity contribution in [2.75, 3.05) is 16.0 Å². The first kappa shape index (κ1) is 18.5. The van der Waals surface area contributed by atoms with E-state index in [4.69, 9.17) is 11.6 Å². The first-order valence-electron chi connectivity index (χ1n) is 8.64. The molecule has 0 radical (unpaired) electrons. The van der Waals surface area contributed by atoms with Crippen molar-refractivity contribution >= 4 is 46.6 Å². The highest BCUT2D eigenvalue weighted by molar-refractivity contribution is 8.00. The fourth-order valence-electron chi connectivity index (χ4n) is 2.90. The van der Waals surface area contributed by atoms with Crippen molar-refractivity contribution < 1.29 is 9.59 Å². The minimum atomic E-state index is -0.200. The average molecular weight is 410 g/mol. The molecule has 1 aliphatic rings. The number of hydrogen-bond acceptors (Lipinski definition) is 4. The maximum absolute atomic E-state index is 12.4. The third-order valence-corrected chi connectivity index (χ3v) is 5.57. The van der Waals surface area contributed by atoms with Crippen molar-refractivity contribution in [1.82, 2.24) is 4.98 Å². The van der Waals surface area contributed by atoms with Crippen molar-refractivity contribution in [1.29, 1.82) is 0 Å². The summed E-state index contributed by atoms with van der Waals surface area (Å²) in [5.41, 5.74) is 2.99. The fraction of sp³-hybridized carbons (Fsp3) is 0.0952. The molecule has 0 unspecified atom stereocenters. The second kappa shape index (κ2) is 8.04. The Bertz CT molecular complexity index is 1020. The number of aromatic nitrogens is 1. The van der Waals surface area contributed by atoms with E-state index in [2.05, 4.69) is 10.3 Å². The van der Waals surface area contributed by atoms with Crippen LogP contribution in [0.3, 0.4) is 0 Å². The van der Waals surface area contributed by atoms with Gasteiger partial charge in [-0.25, -0.2) is 4.98 Å². The Morgan fingerprint density at radius 3 is 2.61 bits per heavy atom. The molecule has 1 N–H and O–H groups in total. The number of benzene rings is 2. The lowest BCUT2D eigenvalue weighted by molar-refractivity contribution is -0.116. The molecule has 7 heteroatoms. The highest BCUT2D eigenvalue weighted by Crippen LogP contribution is 2.34. The number of nitrogens with one attached hydrogen (secondary N) is 1. The van der Waals surface area contributed by atoms with Crippen LogP contribution >= 0.6 is 23.4 Å². The predicted molar refractivity (Wildman–Crippen MR) is 112 cm³/mol. The first-order chi connectivity index (χ1) is 13.6. The van der Waals surface area contributed by atoms with Crippen LogP contribution in [0.1, 0.15) is 15.9 Å². The maximum atomic E-state index is 12.4. The third-order valence-electron chi connectivity index (χ3n) is 4.33. The van der Waals surface area contributed by atoms with E-state index in [0.717, 1.165) is 16.3 Å². The zero-order chi connectivity index (χ0) is 19.5. The van der Waals surface area contributed by atoms with Crippen molar-refractivity contribution in [2.45, 2.75) is 11.6 Å². The van der Waals surface area contributed by atoms with Gasteiger partial charge >= 0.3 is 0 Å². The summed E-state index contributed by atoms with van der Waals surface area (Å²) in [5, 5.41) is 4.31. The molecule has 140 valence electrons. The molecule has 3 aromatic rings. The van der Waals surface area contributed by atoms with Crippen molar-refractivity contribution in [3.05, 3.63) is 83.0 Å². The van der Waals surface area contributed by atoms with Gasteiger partial charge in [0.2, 0.25) is 5.91 Å². The zero-order valence-corrected chi connectivity index (χ0v) is 16.3. The van der Waals surface area contributed by atoms with Gasteiger partial charge in [-0.3, -0.25) is 9.59 Å². The quantitative estimate of drug-likeness (QED) is 0.682. The van der Waals surface area contributed by atoms with Crippen LogP contribution in [0.25, 0.3) is 0 Å². The summed E-state index contributed by atoms with van der Waals surface area (Å²) >= 11 is 7.31. The Balaban J connectivity index is 1.47. The topological polar surface area (TPSA) is 62.3 Å². The number of rotatable bonds is 4. The first-order valence-corrected chi connectivity index (χ1v) is 10.0. The maximum Gasteiger partial charge on any atom is 0.255 e. The number of hydrogen-bond donors (Lipinski definition) is 1. The second-order valence-electron chi connectivity index (χ2n) is 6.25. The van der Waals surface area contributed by atoms with Gasteiger partial charge in [-0.1, -0.05) is 35.5 Å². The number of halogens is 1. The lowest BCUT2D eigenvalue weighted by Gasteiger charge is -2.28. The van der Waals surface area contributed by atoms with E-state index in [9.17, 15) is 9.59 Å². The fourth-order valence-corrected chi connectivity index (χ4v) is 3.90. The molecule has 28 heavy (non-hydrogen) atoms. The molecule has 0 aliphatic carbocycles. The van der Waals surface area contributed by atoms with Gasteiger partial charge < -0.3 is 10.2 Å². The van der Waals surface area contributed by atoms with Crippen LogP contribution in [0.2, 0.25) is 5.02 Å². The van der Waals surface area contributed by atoms with Crippen LogP contribution in [0.5, 0.6) is 0 Å². The SMILES string of the molecule is O=C(Nc1ccc(Cl)cc1)c1ccc(CN2C(=O)CSc3ncccc32)cc1. The van der Waals surface area contributed by atoms with Crippen LogP contribution < -0.4 is 10.2 Å². The Kier molecular flexibility index (Phi) is 5.32. The average Bonchev–Trinajstić information content (AvgIpc) is 2.72. The molecule has 5 nitrogen and oxygen atoms in total. The Hall–Kier alpha value is -2.83. The van der Waals surface area contributed by atoms with Gasteiger partial charge in [-0.05, 0) is 54.1 Å². The number of nitrogens with zero attached hydrogens (tertiary/aromatic N) is 2. The Morgan fingerprint density at radius 1 is 1.11 bits per heavy atom. The minimum Gasteiger partial charge on any atom is -0.322 e. The number of amides is 2. The van der Waals surface area contributed by atoms with E-state index in [1.165, 1.54) is 11.8 Å². The van der Waals surface area contributed by atoms with Gasteiger partial charge in [0.05, 0.1) is 18.0 Å². The van der Waals surface area contributed by atoms with Crippen molar-refractivity contribution in [3.63, 3.8) is 0 Å². The van der Waals surface area contributed by atoms with E-state index in [0.29, 0.717) is 28.6 Å². The van der Waals surface area contributed by atoms with E-state index < -0.39 is 0 Å². The summed E-state index contributed by atoms with van der Waals surface area (Å²) in [6, 6.07) is 17.9. The van der Waals surface area contributed by atoms with Gasteiger partial charge in [0, 0.05) is 22.5 Å². The summed E-state index contributed by atoms with van der Waals surface area (Å²) in [6.45, 7) is 0.442. The summed E-state index contributed by atoms with van der Waals surface area (Å²) < 4.78 is 0. The van der Waals surface area contributed by atoms with Gasteiger partial charge in [-0.2, -0.15) is 0 Å². The van der Waals surface area contributed by atoms with Crippen LogP contribution in [0, 0.1) is 0 Å². The monoisotopic (exact) mass is 409 g/mol. The molecule has 0 atom stereocenters. The third kappa shape index (κ3) is 4.03. The molecular weight excluding hydrogens is 394 g/mol. The molecule has 0 saturated heterocycles. The smallest absolute Gasteiger partial charge is 0.255 e. The van der Waals surface area contributed by atoms with E-state index in [-0.39, 0.29) is 11.8 Å². The van der Waals surface area contributed by atoms with Crippen LogP contribution in [0.4, 0.5) is 11.4 Å². The highest BCUT2D eigenvalue weighted by Gasteiger charge is 2.25. The van der Waals surface area contributed by atoms with Crippen molar-refractivity contribution in [3.8, 4) is 0 Å². The molecule has 4 rings (SSSR count). The van der Waals surface area contributed by atoms with Gasteiger partial charge in [0.1, 0.15) is 5.03 Å². The molecule has 1 aromatic heterocycles. The number of thioether (sulfide) groups is 1. The lowest BCUT2D eigenvalue weighted by Crippen LogP contribution is -2.35. The highest BCUT2D eigenvalue weighted by atomic mass is 35.5. The minimum absolute atomic E-state index is 0.0510. The molecule has 2 amide bonds. The van der Waals surface area contributed by atoms with Gasteiger partial charge in [0.25, 0.3) is 5.91 Å². The standard InChI is InChI=1S/C21H16ClN3O2S/c22-16-7-9-17(10-8-16)24-20(27)15-5-3-14(4-6-15)12-25-18-2-1-11-23-21(18)28-13-19(25)26/h1-11H,12-13H2,(H,24,27). The molecular formula is C21H16ClN3O2S. The van der Waals surface area contributed by atoms with Crippen molar-refractivity contribution in [2.24, 2.45) is 0 Å². The molecule has 0 spiro atoms. The van der Waals surface area contributed by atoms with E-state index in [1.54, 1.807) is 47.5 Å². The lowest BCUT2D eigenvalue weighted by atomic mass is 10.1. The Labute approximate surface area is 171 Å². The van der Waals surface area contributed by atoms with E-state index in [1.807, 2.05) is 24.3 Å². The van der Waals surface area contributed by atoms with Crippen LogP contribution in [-0.2, 0) is 11.3 Å². The summed E-state index contributed by atoms with van der Waals surface area (Å²) in [4.78, 5) is 30.8.